The van der Waals surface area contributed by atoms with Gasteiger partial charge in [0.15, 0.2) is 0 Å². The average molecular weight is 314 g/mol. The lowest BCUT2D eigenvalue weighted by Crippen LogP contribution is -2.53. The largest absolute Gasteiger partial charge is 0.481 e. The first-order chi connectivity index (χ1) is 10.1. The highest BCUT2D eigenvalue weighted by atomic mass is 16.5. The second-order valence-electron chi connectivity index (χ2n) is 6.77. The molecule has 126 valence electrons. The van der Waals surface area contributed by atoms with E-state index in [9.17, 15) is 14.4 Å². The fourth-order valence-corrected chi connectivity index (χ4v) is 2.31. The third-order valence-electron chi connectivity index (χ3n) is 3.66. The Bertz CT molecular complexity index is 422. The van der Waals surface area contributed by atoms with Crippen molar-refractivity contribution in [2.75, 3.05) is 19.8 Å². The Morgan fingerprint density at radius 2 is 1.77 bits per heavy atom. The summed E-state index contributed by atoms with van der Waals surface area (Å²) in [4.78, 5) is 34.8. The van der Waals surface area contributed by atoms with Crippen molar-refractivity contribution < 1.29 is 24.2 Å². The number of carbonyl (C=O) groups excluding carboxylic acids is 2. The first-order valence-electron chi connectivity index (χ1n) is 7.53. The summed E-state index contributed by atoms with van der Waals surface area (Å²) in [7, 11) is 0. The van der Waals surface area contributed by atoms with Crippen LogP contribution in [0.25, 0.3) is 0 Å². The van der Waals surface area contributed by atoms with Crippen LogP contribution in [-0.2, 0) is 19.1 Å². The molecule has 1 rings (SSSR count). The van der Waals surface area contributed by atoms with Gasteiger partial charge >= 0.3 is 5.97 Å². The van der Waals surface area contributed by atoms with Crippen LogP contribution in [0, 0.1) is 5.41 Å². The Morgan fingerprint density at radius 1 is 1.18 bits per heavy atom. The highest BCUT2D eigenvalue weighted by Gasteiger charge is 2.36. The Labute approximate surface area is 130 Å². The van der Waals surface area contributed by atoms with E-state index in [1.54, 1.807) is 20.8 Å². The van der Waals surface area contributed by atoms with Gasteiger partial charge in [-0.3, -0.25) is 14.4 Å². The SMILES string of the molecule is CC(C)(C)C(=O)NCCC(=O)NC1(CC(=O)O)CCOCC1. The molecule has 1 aliphatic heterocycles. The quantitative estimate of drug-likeness (QED) is 0.668. The minimum Gasteiger partial charge on any atom is -0.481 e. The van der Waals surface area contributed by atoms with Crippen molar-refractivity contribution in [3.8, 4) is 0 Å². The van der Waals surface area contributed by atoms with E-state index in [1.165, 1.54) is 0 Å². The molecule has 0 aromatic rings. The molecule has 0 aromatic heterocycles. The Kier molecular flexibility index (Phi) is 6.34. The van der Waals surface area contributed by atoms with Crippen LogP contribution in [0.1, 0.15) is 46.5 Å². The van der Waals surface area contributed by atoms with Gasteiger partial charge in [0.25, 0.3) is 0 Å². The molecule has 1 heterocycles. The standard InChI is InChI=1S/C15H26N2O5/c1-14(2,3)13(21)16-7-4-11(18)17-15(10-12(19)20)5-8-22-9-6-15/h4-10H2,1-3H3,(H,16,21)(H,17,18)(H,19,20). The fraction of sp³-hybridized carbons (Fsp3) is 0.800. The molecule has 1 saturated heterocycles. The Hall–Kier alpha value is -1.63. The maximum absolute atomic E-state index is 12.0. The highest BCUT2D eigenvalue weighted by Crippen LogP contribution is 2.24. The fourth-order valence-electron chi connectivity index (χ4n) is 2.31. The number of carboxylic acid groups (broad SMARTS) is 1. The molecule has 1 fully saturated rings. The maximum Gasteiger partial charge on any atom is 0.305 e. The lowest BCUT2D eigenvalue weighted by atomic mass is 9.86. The molecule has 0 radical (unpaired) electrons. The molecule has 7 heteroatoms. The van der Waals surface area contributed by atoms with Crippen molar-refractivity contribution in [3.63, 3.8) is 0 Å². The van der Waals surface area contributed by atoms with Crippen LogP contribution in [0.5, 0.6) is 0 Å². The van der Waals surface area contributed by atoms with E-state index in [2.05, 4.69) is 10.6 Å². The van der Waals surface area contributed by atoms with Gasteiger partial charge in [0, 0.05) is 31.6 Å². The number of amides is 2. The van der Waals surface area contributed by atoms with Crippen LogP contribution < -0.4 is 10.6 Å². The topological polar surface area (TPSA) is 105 Å². The summed E-state index contributed by atoms with van der Waals surface area (Å²) in [5, 5.41) is 14.6. The number of hydrogen-bond donors (Lipinski definition) is 3. The predicted octanol–water partition coefficient (Wildman–Crippen LogP) is 0.679. The number of carbonyl (C=O) groups is 3. The average Bonchev–Trinajstić information content (AvgIpc) is 2.37. The number of rotatable bonds is 6. The van der Waals surface area contributed by atoms with Gasteiger partial charge in [0.05, 0.1) is 12.0 Å². The van der Waals surface area contributed by atoms with Gasteiger partial charge in [0.1, 0.15) is 0 Å². The second kappa shape index (κ2) is 7.58. The van der Waals surface area contributed by atoms with E-state index in [-0.39, 0.29) is 31.2 Å². The summed E-state index contributed by atoms with van der Waals surface area (Å²) >= 11 is 0. The van der Waals surface area contributed by atoms with Crippen LogP contribution in [0.3, 0.4) is 0 Å². The van der Waals surface area contributed by atoms with E-state index >= 15 is 0 Å². The van der Waals surface area contributed by atoms with Crippen molar-refractivity contribution in [1.82, 2.24) is 10.6 Å². The number of hydrogen-bond acceptors (Lipinski definition) is 4. The summed E-state index contributed by atoms with van der Waals surface area (Å²) in [6, 6.07) is 0. The van der Waals surface area contributed by atoms with E-state index in [0.29, 0.717) is 26.1 Å². The highest BCUT2D eigenvalue weighted by molar-refractivity contribution is 5.82. The molecule has 2 amide bonds. The molecule has 0 unspecified atom stereocenters. The van der Waals surface area contributed by atoms with Crippen molar-refractivity contribution in [3.05, 3.63) is 0 Å². The van der Waals surface area contributed by atoms with Gasteiger partial charge in [0.2, 0.25) is 11.8 Å². The summed E-state index contributed by atoms with van der Waals surface area (Å²) < 4.78 is 5.24. The molecular formula is C15H26N2O5. The summed E-state index contributed by atoms with van der Waals surface area (Å²) in [6.45, 7) is 6.51. The maximum atomic E-state index is 12.0. The Morgan fingerprint density at radius 3 is 2.27 bits per heavy atom. The van der Waals surface area contributed by atoms with Crippen LogP contribution in [0.2, 0.25) is 0 Å². The molecule has 0 aliphatic carbocycles. The van der Waals surface area contributed by atoms with Gasteiger partial charge in [-0.2, -0.15) is 0 Å². The zero-order chi connectivity index (χ0) is 16.8. The van der Waals surface area contributed by atoms with Crippen molar-refractivity contribution in [2.45, 2.75) is 52.0 Å². The zero-order valence-corrected chi connectivity index (χ0v) is 13.5. The normalized spacial score (nSPS) is 17.6. The van der Waals surface area contributed by atoms with E-state index < -0.39 is 16.9 Å². The summed E-state index contributed by atoms with van der Waals surface area (Å²) in [6.07, 6.45) is 0.985. The third kappa shape index (κ3) is 6.01. The van der Waals surface area contributed by atoms with E-state index in [1.807, 2.05) is 0 Å². The molecule has 0 bridgehead atoms. The van der Waals surface area contributed by atoms with Crippen LogP contribution >= 0.6 is 0 Å². The number of nitrogens with one attached hydrogen (secondary N) is 2. The van der Waals surface area contributed by atoms with Gasteiger partial charge in [-0.05, 0) is 12.8 Å². The number of carboxylic acids is 1. The van der Waals surface area contributed by atoms with Gasteiger partial charge in [-0.25, -0.2) is 0 Å². The summed E-state index contributed by atoms with van der Waals surface area (Å²) in [5.74, 6) is -1.31. The third-order valence-corrected chi connectivity index (χ3v) is 3.66. The molecule has 7 nitrogen and oxygen atoms in total. The number of aliphatic carboxylic acids is 1. The minimum absolute atomic E-state index is 0.115. The molecule has 3 N–H and O–H groups in total. The first-order valence-corrected chi connectivity index (χ1v) is 7.53. The van der Waals surface area contributed by atoms with Crippen molar-refractivity contribution >= 4 is 17.8 Å². The van der Waals surface area contributed by atoms with Crippen LogP contribution in [0.15, 0.2) is 0 Å². The molecule has 0 atom stereocenters. The van der Waals surface area contributed by atoms with Crippen molar-refractivity contribution in [2.24, 2.45) is 5.41 Å². The van der Waals surface area contributed by atoms with Crippen molar-refractivity contribution in [1.29, 1.82) is 0 Å². The monoisotopic (exact) mass is 314 g/mol. The van der Waals surface area contributed by atoms with Crippen LogP contribution in [-0.4, -0.2) is 48.2 Å². The molecule has 0 spiro atoms. The molecule has 22 heavy (non-hydrogen) atoms. The molecule has 0 saturated carbocycles. The van der Waals surface area contributed by atoms with Gasteiger partial charge < -0.3 is 20.5 Å². The molecule has 1 aliphatic rings. The van der Waals surface area contributed by atoms with Crippen LogP contribution in [0.4, 0.5) is 0 Å². The smallest absolute Gasteiger partial charge is 0.305 e. The summed E-state index contributed by atoms with van der Waals surface area (Å²) in [5.41, 5.74) is -1.24. The number of ether oxygens (including phenoxy) is 1. The molecular weight excluding hydrogens is 288 g/mol. The second-order valence-corrected chi connectivity index (χ2v) is 6.77. The van der Waals surface area contributed by atoms with E-state index in [0.717, 1.165) is 0 Å². The van der Waals surface area contributed by atoms with E-state index in [4.69, 9.17) is 9.84 Å². The first kappa shape index (κ1) is 18.4. The lowest BCUT2D eigenvalue weighted by Gasteiger charge is -2.36. The predicted molar refractivity (Wildman–Crippen MR) is 80.3 cm³/mol. The van der Waals surface area contributed by atoms with Gasteiger partial charge in [-0.1, -0.05) is 20.8 Å². The van der Waals surface area contributed by atoms with Gasteiger partial charge in [-0.15, -0.1) is 0 Å². The molecule has 0 aromatic carbocycles. The minimum atomic E-state index is -0.941. The zero-order valence-electron chi connectivity index (χ0n) is 13.5. The lowest BCUT2D eigenvalue weighted by molar-refractivity contribution is -0.140. The Balaban J connectivity index is 2.47.